The van der Waals surface area contributed by atoms with Crippen LogP contribution in [0, 0.1) is 20.8 Å². The molecular weight excluding hydrogens is 322 g/mol. The third kappa shape index (κ3) is 6.05. The number of benzene rings is 1. The van der Waals surface area contributed by atoms with E-state index in [9.17, 15) is 0 Å². The van der Waals surface area contributed by atoms with Crippen molar-refractivity contribution in [3.8, 4) is 11.6 Å². The van der Waals surface area contributed by atoms with Gasteiger partial charge in [0.05, 0.1) is 12.3 Å². The largest absolute Gasteiger partial charge is 0.487 e. The highest BCUT2D eigenvalue weighted by molar-refractivity contribution is 5.46. The normalized spacial score (nSPS) is 10.8. The van der Waals surface area contributed by atoms with E-state index in [2.05, 4.69) is 37.9 Å². The Morgan fingerprint density at radius 1 is 0.808 bits per heavy atom. The van der Waals surface area contributed by atoms with Gasteiger partial charge in [-0.2, -0.15) is 0 Å². The molecule has 0 fully saturated rings. The van der Waals surface area contributed by atoms with E-state index >= 15 is 0 Å². The zero-order valence-electron chi connectivity index (χ0n) is 16.8. The van der Waals surface area contributed by atoms with Crippen molar-refractivity contribution in [1.29, 1.82) is 0 Å². The predicted molar refractivity (Wildman–Crippen MR) is 108 cm³/mol. The SMILES string of the molecule is CCCCCCCCOc1nc(C)c(OCc2ccccc2)c(C)c1C. The first-order valence-corrected chi connectivity index (χ1v) is 9.90. The molecule has 0 aliphatic heterocycles. The molecule has 0 radical (unpaired) electrons. The average molecular weight is 356 g/mol. The molecule has 26 heavy (non-hydrogen) atoms. The van der Waals surface area contributed by atoms with Crippen LogP contribution in [0.15, 0.2) is 30.3 Å². The Labute approximate surface area is 158 Å². The van der Waals surface area contributed by atoms with E-state index in [4.69, 9.17) is 9.47 Å². The van der Waals surface area contributed by atoms with E-state index in [0.29, 0.717) is 6.61 Å². The smallest absolute Gasteiger partial charge is 0.216 e. The maximum atomic E-state index is 6.05. The van der Waals surface area contributed by atoms with Crippen molar-refractivity contribution < 1.29 is 9.47 Å². The van der Waals surface area contributed by atoms with Gasteiger partial charge in [-0.3, -0.25) is 0 Å². The number of hydrogen-bond acceptors (Lipinski definition) is 3. The zero-order valence-corrected chi connectivity index (χ0v) is 16.8. The first-order chi connectivity index (χ1) is 12.6. The molecule has 0 saturated carbocycles. The molecule has 0 aliphatic carbocycles. The monoisotopic (exact) mass is 355 g/mol. The van der Waals surface area contributed by atoms with Crippen LogP contribution in [0.25, 0.3) is 0 Å². The highest BCUT2D eigenvalue weighted by atomic mass is 16.5. The van der Waals surface area contributed by atoms with Gasteiger partial charge in [-0.1, -0.05) is 69.4 Å². The van der Waals surface area contributed by atoms with Gasteiger partial charge >= 0.3 is 0 Å². The third-order valence-corrected chi connectivity index (χ3v) is 4.78. The summed E-state index contributed by atoms with van der Waals surface area (Å²) in [7, 11) is 0. The molecule has 3 nitrogen and oxygen atoms in total. The van der Waals surface area contributed by atoms with Crippen molar-refractivity contribution in [2.45, 2.75) is 72.8 Å². The second-order valence-corrected chi connectivity index (χ2v) is 6.97. The van der Waals surface area contributed by atoms with Crippen LogP contribution in [0.2, 0.25) is 0 Å². The summed E-state index contributed by atoms with van der Waals surface area (Å²) in [6, 6.07) is 10.2. The Hall–Kier alpha value is -2.03. The molecular formula is C23H33NO2. The third-order valence-electron chi connectivity index (χ3n) is 4.78. The van der Waals surface area contributed by atoms with E-state index in [1.165, 1.54) is 32.1 Å². The standard InChI is InChI=1S/C23H33NO2/c1-5-6-7-8-9-13-16-25-23-19(3)18(2)22(20(4)24-23)26-17-21-14-11-10-12-15-21/h10-12,14-15H,5-9,13,16-17H2,1-4H3. The van der Waals surface area contributed by atoms with Crippen molar-refractivity contribution in [3.63, 3.8) is 0 Å². The molecule has 0 unspecified atom stereocenters. The van der Waals surface area contributed by atoms with Crippen LogP contribution in [0.3, 0.4) is 0 Å². The highest BCUT2D eigenvalue weighted by Gasteiger charge is 2.14. The first-order valence-electron chi connectivity index (χ1n) is 9.90. The van der Waals surface area contributed by atoms with E-state index in [-0.39, 0.29) is 0 Å². The van der Waals surface area contributed by atoms with Crippen molar-refractivity contribution in [3.05, 3.63) is 52.7 Å². The van der Waals surface area contributed by atoms with Gasteiger partial charge in [0.15, 0.2) is 0 Å². The van der Waals surface area contributed by atoms with Gasteiger partial charge in [-0.25, -0.2) is 4.98 Å². The van der Waals surface area contributed by atoms with Crippen molar-refractivity contribution in [2.24, 2.45) is 0 Å². The summed E-state index contributed by atoms with van der Waals surface area (Å²) < 4.78 is 12.0. The van der Waals surface area contributed by atoms with Crippen molar-refractivity contribution in [1.82, 2.24) is 4.98 Å². The molecule has 1 heterocycles. The molecule has 0 bridgehead atoms. The van der Waals surface area contributed by atoms with Crippen molar-refractivity contribution >= 4 is 0 Å². The van der Waals surface area contributed by atoms with E-state index in [1.807, 2.05) is 25.1 Å². The Morgan fingerprint density at radius 3 is 2.23 bits per heavy atom. The van der Waals surface area contributed by atoms with Crippen LogP contribution in [-0.2, 0) is 6.61 Å². The minimum Gasteiger partial charge on any atom is -0.487 e. The van der Waals surface area contributed by atoms with Gasteiger partial charge in [0.2, 0.25) is 5.88 Å². The lowest BCUT2D eigenvalue weighted by Crippen LogP contribution is -2.06. The molecule has 3 heteroatoms. The molecule has 0 N–H and O–H groups in total. The number of pyridine rings is 1. The van der Waals surface area contributed by atoms with Gasteiger partial charge in [0.1, 0.15) is 12.4 Å². The number of aryl methyl sites for hydroxylation is 1. The molecule has 1 aromatic carbocycles. The molecule has 2 rings (SSSR count). The number of nitrogens with zero attached hydrogens (tertiary/aromatic N) is 1. The highest BCUT2D eigenvalue weighted by Crippen LogP contribution is 2.31. The summed E-state index contributed by atoms with van der Waals surface area (Å²) in [5.74, 6) is 1.62. The molecule has 0 amide bonds. The fraction of sp³-hybridized carbons (Fsp3) is 0.522. The number of hydrogen-bond donors (Lipinski definition) is 0. The minimum absolute atomic E-state index is 0.557. The van der Waals surface area contributed by atoms with Crippen LogP contribution in [-0.4, -0.2) is 11.6 Å². The molecule has 0 saturated heterocycles. The number of unbranched alkanes of at least 4 members (excludes halogenated alkanes) is 5. The summed E-state index contributed by atoms with van der Waals surface area (Å²) in [5, 5.41) is 0. The van der Waals surface area contributed by atoms with Gasteiger partial charge < -0.3 is 9.47 Å². The second kappa shape index (κ2) is 10.8. The quantitative estimate of drug-likeness (QED) is 0.442. The van der Waals surface area contributed by atoms with Crippen LogP contribution < -0.4 is 9.47 Å². The Morgan fingerprint density at radius 2 is 1.50 bits per heavy atom. The topological polar surface area (TPSA) is 31.4 Å². The van der Waals surface area contributed by atoms with Crippen LogP contribution in [0.4, 0.5) is 0 Å². The molecule has 0 aliphatic rings. The first kappa shape index (κ1) is 20.3. The maximum absolute atomic E-state index is 6.05. The number of rotatable bonds is 11. The Bertz CT molecular complexity index is 668. The fourth-order valence-corrected chi connectivity index (χ4v) is 3.02. The summed E-state index contributed by atoms with van der Waals surface area (Å²) in [6.45, 7) is 9.68. The number of aromatic nitrogens is 1. The van der Waals surface area contributed by atoms with Gasteiger partial charge in [-0.15, -0.1) is 0 Å². The fourth-order valence-electron chi connectivity index (χ4n) is 3.02. The molecule has 142 valence electrons. The number of ether oxygens (including phenoxy) is 2. The zero-order chi connectivity index (χ0) is 18.8. The molecule has 0 atom stereocenters. The van der Waals surface area contributed by atoms with Crippen LogP contribution in [0.1, 0.15) is 67.8 Å². The summed E-state index contributed by atoms with van der Waals surface area (Å²) in [6.07, 6.45) is 7.58. The predicted octanol–water partition coefficient (Wildman–Crippen LogP) is 6.33. The van der Waals surface area contributed by atoms with Gasteiger partial charge in [0, 0.05) is 11.1 Å². The van der Waals surface area contributed by atoms with Crippen molar-refractivity contribution in [2.75, 3.05) is 6.61 Å². The van der Waals surface area contributed by atoms with Crippen LogP contribution in [0.5, 0.6) is 11.6 Å². The van der Waals surface area contributed by atoms with E-state index < -0.39 is 0 Å². The Kier molecular flexibility index (Phi) is 8.46. The molecule has 2 aromatic rings. The lowest BCUT2D eigenvalue weighted by molar-refractivity contribution is 0.280. The average Bonchev–Trinajstić information content (AvgIpc) is 2.65. The lowest BCUT2D eigenvalue weighted by Gasteiger charge is -2.17. The second-order valence-electron chi connectivity index (χ2n) is 6.97. The summed E-state index contributed by atoms with van der Waals surface area (Å²) in [4.78, 5) is 4.65. The Balaban J connectivity index is 1.90. The van der Waals surface area contributed by atoms with E-state index in [0.717, 1.165) is 47.0 Å². The molecule has 0 spiro atoms. The lowest BCUT2D eigenvalue weighted by atomic mass is 10.1. The van der Waals surface area contributed by atoms with Crippen LogP contribution >= 0.6 is 0 Å². The minimum atomic E-state index is 0.557. The molecule has 1 aromatic heterocycles. The van der Waals surface area contributed by atoms with Gasteiger partial charge in [-0.05, 0) is 32.8 Å². The summed E-state index contributed by atoms with van der Waals surface area (Å²) in [5.41, 5.74) is 4.24. The van der Waals surface area contributed by atoms with E-state index in [1.54, 1.807) is 0 Å². The maximum Gasteiger partial charge on any atom is 0.216 e. The summed E-state index contributed by atoms with van der Waals surface area (Å²) >= 11 is 0. The van der Waals surface area contributed by atoms with Gasteiger partial charge in [0.25, 0.3) is 0 Å².